The van der Waals surface area contributed by atoms with Gasteiger partial charge in [-0.25, -0.2) is 0 Å². The van der Waals surface area contributed by atoms with Gasteiger partial charge in [-0.3, -0.25) is 4.79 Å². The van der Waals surface area contributed by atoms with E-state index in [1.54, 1.807) is 0 Å². The number of benzene rings is 2. The van der Waals surface area contributed by atoms with E-state index in [0.717, 1.165) is 12.0 Å². The maximum absolute atomic E-state index is 12.8. The lowest BCUT2D eigenvalue weighted by molar-refractivity contribution is 0.0911. The number of rotatable bonds is 1. The Bertz CT molecular complexity index is 1050. The molecule has 2 aromatic carbocycles. The highest BCUT2D eigenvalue weighted by atomic mass is 16.1. The van der Waals surface area contributed by atoms with Gasteiger partial charge in [0.05, 0.1) is 5.92 Å². The van der Waals surface area contributed by atoms with Crippen LogP contribution in [0.3, 0.4) is 0 Å². The number of hydrogen-bond donors (Lipinski definition) is 0. The summed E-state index contributed by atoms with van der Waals surface area (Å²) in [5, 5.41) is 0. The third kappa shape index (κ3) is 2.14. The summed E-state index contributed by atoms with van der Waals surface area (Å²) in [6, 6.07) is 19.6. The van der Waals surface area contributed by atoms with Crippen LogP contribution in [0.25, 0.3) is 5.69 Å². The zero-order valence-electron chi connectivity index (χ0n) is 15.5. The van der Waals surface area contributed by atoms with Gasteiger partial charge in [0.1, 0.15) is 0 Å². The molecular formula is C24H23NO. The summed E-state index contributed by atoms with van der Waals surface area (Å²) in [6.07, 6.45) is 1.59. The van der Waals surface area contributed by atoms with Crippen LogP contribution < -0.4 is 0 Å². The number of aryl methyl sites for hydroxylation is 1. The van der Waals surface area contributed by atoms with E-state index in [4.69, 9.17) is 0 Å². The van der Waals surface area contributed by atoms with E-state index in [1.165, 1.54) is 33.8 Å². The van der Waals surface area contributed by atoms with Gasteiger partial charge in [-0.15, -0.1) is 0 Å². The van der Waals surface area contributed by atoms with Gasteiger partial charge in [-0.05, 0) is 42.0 Å². The highest BCUT2D eigenvalue weighted by Gasteiger charge is 2.39. The van der Waals surface area contributed by atoms with E-state index < -0.39 is 0 Å². The second kappa shape index (κ2) is 5.20. The molecule has 2 heterocycles. The Balaban J connectivity index is 1.79. The lowest BCUT2D eigenvalue weighted by Gasteiger charge is -2.29. The average molecular weight is 341 g/mol. The summed E-state index contributed by atoms with van der Waals surface area (Å²) < 4.78 is 2.37. The first-order valence-corrected chi connectivity index (χ1v) is 9.38. The number of ketones is 1. The van der Waals surface area contributed by atoms with Crippen molar-refractivity contribution >= 4 is 5.78 Å². The van der Waals surface area contributed by atoms with Crippen molar-refractivity contribution in [3.63, 3.8) is 0 Å². The Morgan fingerprint density at radius 3 is 2.62 bits per heavy atom. The molecule has 0 saturated carbocycles. The molecule has 2 heteroatoms. The first-order chi connectivity index (χ1) is 12.4. The molecule has 0 spiro atoms. The van der Waals surface area contributed by atoms with Crippen LogP contribution in [0.2, 0.25) is 0 Å². The number of carbonyl (C=O) groups excluding carboxylic acids is 1. The summed E-state index contributed by atoms with van der Waals surface area (Å²) in [5.41, 5.74) is 8.55. The van der Waals surface area contributed by atoms with Crippen molar-refractivity contribution < 1.29 is 4.79 Å². The number of para-hydroxylation sites is 1. The van der Waals surface area contributed by atoms with Crippen LogP contribution >= 0.6 is 0 Å². The Morgan fingerprint density at radius 2 is 1.81 bits per heavy atom. The molecule has 0 radical (unpaired) electrons. The molecule has 1 aromatic heterocycles. The normalized spacial score (nSPS) is 19.8. The van der Waals surface area contributed by atoms with Gasteiger partial charge in [0, 0.05) is 29.1 Å². The average Bonchev–Trinajstić information content (AvgIpc) is 3.09. The second-order valence-electron chi connectivity index (χ2n) is 8.61. The number of hydrogen-bond acceptors (Lipinski definition) is 1. The Morgan fingerprint density at radius 1 is 1.00 bits per heavy atom. The van der Waals surface area contributed by atoms with Crippen LogP contribution in [0.4, 0.5) is 0 Å². The van der Waals surface area contributed by atoms with E-state index in [2.05, 4.69) is 79.9 Å². The van der Waals surface area contributed by atoms with Gasteiger partial charge < -0.3 is 4.57 Å². The standard InChI is InChI=1S/C24H23NO/c1-15-7-6-8-16(11-15)23-17-9-4-5-10-19(17)25-20(23)12-18-21(25)13-24(2,3)14-22(18)26/h4-12,23H,13-14H2,1-3H3. The predicted molar refractivity (Wildman–Crippen MR) is 104 cm³/mol. The first-order valence-electron chi connectivity index (χ1n) is 9.38. The molecule has 1 unspecified atom stereocenters. The van der Waals surface area contributed by atoms with Gasteiger partial charge in [0.15, 0.2) is 5.78 Å². The summed E-state index contributed by atoms with van der Waals surface area (Å²) >= 11 is 0. The largest absolute Gasteiger partial charge is 0.316 e. The molecule has 1 atom stereocenters. The highest BCUT2D eigenvalue weighted by Crippen LogP contribution is 2.47. The Kier molecular flexibility index (Phi) is 3.13. The second-order valence-corrected chi connectivity index (χ2v) is 8.61. The number of carbonyl (C=O) groups is 1. The monoisotopic (exact) mass is 341 g/mol. The molecule has 1 aliphatic heterocycles. The van der Waals surface area contributed by atoms with Crippen molar-refractivity contribution in [2.45, 2.75) is 39.5 Å². The molecule has 26 heavy (non-hydrogen) atoms. The zero-order chi connectivity index (χ0) is 18.1. The van der Waals surface area contributed by atoms with Gasteiger partial charge in [0.25, 0.3) is 0 Å². The lowest BCUT2D eigenvalue weighted by Crippen LogP contribution is -2.27. The molecule has 2 aliphatic rings. The predicted octanol–water partition coefficient (Wildman–Crippen LogP) is 5.43. The van der Waals surface area contributed by atoms with E-state index in [0.29, 0.717) is 12.2 Å². The number of Topliss-reactive ketones (excluding diaryl/α,β-unsaturated/α-hetero) is 1. The van der Waals surface area contributed by atoms with Crippen molar-refractivity contribution in [2.75, 3.05) is 0 Å². The third-order valence-electron chi connectivity index (χ3n) is 5.88. The van der Waals surface area contributed by atoms with Crippen LogP contribution in [0.5, 0.6) is 0 Å². The van der Waals surface area contributed by atoms with E-state index >= 15 is 0 Å². The first kappa shape index (κ1) is 15.6. The minimum absolute atomic E-state index is 0.0234. The van der Waals surface area contributed by atoms with Crippen LogP contribution in [-0.2, 0) is 6.42 Å². The summed E-state index contributed by atoms with van der Waals surface area (Å²) in [7, 11) is 0. The SMILES string of the molecule is Cc1cccc(C2c3ccccc3-n3c2cc2c3CC(C)(C)CC2=O)c1. The maximum Gasteiger partial charge on any atom is 0.165 e. The quantitative estimate of drug-likeness (QED) is 0.452. The molecule has 0 amide bonds. The van der Waals surface area contributed by atoms with E-state index in [1.807, 2.05) is 0 Å². The molecule has 0 fully saturated rings. The van der Waals surface area contributed by atoms with Crippen molar-refractivity contribution in [1.82, 2.24) is 4.57 Å². The summed E-state index contributed by atoms with van der Waals surface area (Å²) in [6.45, 7) is 6.54. The van der Waals surface area contributed by atoms with E-state index in [9.17, 15) is 4.79 Å². The lowest BCUT2D eigenvalue weighted by atomic mass is 9.76. The topological polar surface area (TPSA) is 22.0 Å². The van der Waals surface area contributed by atoms with Crippen molar-refractivity contribution in [3.05, 3.63) is 88.2 Å². The van der Waals surface area contributed by atoms with Crippen molar-refractivity contribution in [3.8, 4) is 5.69 Å². The smallest absolute Gasteiger partial charge is 0.165 e. The molecule has 0 bridgehead atoms. The Labute approximate surface area is 154 Å². The fourth-order valence-corrected chi connectivity index (χ4v) is 4.82. The molecule has 3 aromatic rings. The number of aromatic nitrogens is 1. The van der Waals surface area contributed by atoms with Crippen LogP contribution in [-0.4, -0.2) is 10.4 Å². The number of fused-ring (bicyclic) bond motifs is 5. The molecule has 1 aliphatic carbocycles. The number of nitrogens with zero attached hydrogens (tertiary/aromatic N) is 1. The molecule has 5 rings (SSSR count). The van der Waals surface area contributed by atoms with Crippen LogP contribution in [0.1, 0.15) is 64.6 Å². The molecule has 0 saturated heterocycles. The van der Waals surface area contributed by atoms with Gasteiger partial charge >= 0.3 is 0 Å². The third-order valence-corrected chi connectivity index (χ3v) is 5.88. The van der Waals surface area contributed by atoms with E-state index in [-0.39, 0.29) is 11.3 Å². The van der Waals surface area contributed by atoms with Gasteiger partial charge in [-0.2, -0.15) is 0 Å². The molecule has 0 N–H and O–H groups in total. The highest BCUT2D eigenvalue weighted by molar-refractivity contribution is 5.99. The maximum atomic E-state index is 12.8. The minimum atomic E-state index is 0.0234. The zero-order valence-corrected chi connectivity index (χ0v) is 15.5. The fourth-order valence-electron chi connectivity index (χ4n) is 4.82. The minimum Gasteiger partial charge on any atom is -0.316 e. The van der Waals surface area contributed by atoms with Crippen LogP contribution in [0.15, 0.2) is 54.6 Å². The van der Waals surface area contributed by atoms with Gasteiger partial charge in [-0.1, -0.05) is 61.9 Å². The van der Waals surface area contributed by atoms with Gasteiger partial charge in [0.2, 0.25) is 0 Å². The van der Waals surface area contributed by atoms with Crippen molar-refractivity contribution in [2.24, 2.45) is 5.41 Å². The molecular weight excluding hydrogens is 318 g/mol. The molecule has 130 valence electrons. The summed E-state index contributed by atoms with van der Waals surface area (Å²) in [5.74, 6) is 0.492. The van der Waals surface area contributed by atoms with Crippen LogP contribution in [0, 0.1) is 12.3 Å². The van der Waals surface area contributed by atoms with Crippen molar-refractivity contribution in [1.29, 1.82) is 0 Å². The fraction of sp³-hybridized carbons (Fsp3) is 0.292. The Hall–Kier alpha value is -2.61. The summed E-state index contributed by atoms with van der Waals surface area (Å²) in [4.78, 5) is 12.8. The molecule has 2 nitrogen and oxygen atoms in total.